The van der Waals surface area contributed by atoms with Crippen LogP contribution in [0.1, 0.15) is 60.1 Å². The topological polar surface area (TPSA) is 92.8 Å². The molecule has 2 N–H and O–H groups in total. The highest BCUT2D eigenvalue weighted by atomic mass is 19.3. The number of ether oxygens (including phenoxy) is 1. The Morgan fingerprint density at radius 3 is 2.62 bits per heavy atom. The minimum Gasteiger partial charge on any atom is -0.381 e. The number of nitrogens with one attached hydrogen (secondary N) is 2. The first-order chi connectivity index (χ1) is 16.4. The van der Waals surface area contributed by atoms with Crippen molar-refractivity contribution in [2.45, 2.75) is 56.9 Å². The van der Waals surface area contributed by atoms with Crippen LogP contribution >= 0.6 is 0 Å². The Balaban J connectivity index is 1.36. The van der Waals surface area contributed by atoms with Crippen LogP contribution < -0.4 is 5.32 Å². The number of halogens is 3. The predicted octanol–water partition coefficient (Wildman–Crippen LogP) is 4.68. The molecule has 1 saturated carbocycles. The molecule has 5 rings (SSSR count). The molecule has 0 spiro atoms. The Labute approximate surface area is 194 Å². The average molecular weight is 473 g/mol. The molecule has 0 radical (unpaired) electrons. The van der Waals surface area contributed by atoms with Gasteiger partial charge in [-0.15, -0.1) is 0 Å². The number of aromatic amines is 1. The molecule has 2 aliphatic rings. The average Bonchev–Trinajstić information content (AvgIpc) is 3.26. The fourth-order valence-corrected chi connectivity index (χ4v) is 4.79. The maximum Gasteiger partial charge on any atom is 0.248 e. The third kappa shape index (κ3) is 4.77. The fourth-order valence-electron chi connectivity index (χ4n) is 4.79. The molecule has 0 unspecified atom stereocenters. The van der Waals surface area contributed by atoms with Crippen molar-refractivity contribution in [1.29, 1.82) is 0 Å². The summed E-state index contributed by atoms with van der Waals surface area (Å²) >= 11 is 0. The monoisotopic (exact) mass is 473 g/mol. The molecule has 34 heavy (non-hydrogen) atoms. The molecule has 1 aliphatic carbocycles. The van der Waals surface area contributed by atoms with Gasteiger partial charge in [0.2, 0.25) is 11.9 Å². The van der Waals surface area contributed by atoms with E-state index >= 15 is 0 Å². The Morgan fingerprint density at radius 2 is 1.88 bits per heavy atom. The summed E-state index contributed by atoms with van der Waals surface area (Å²) in [5, 5.41) is 3.87. The van der Waals surface area contributed by atoms with Crippen LogP contribution in [0.15, 0.2) is 24.7 Å². The van der Waals surface area contributed by atoms with Gasteiger partial charge in [0.15, 0.2) is 5.78 Å². The van der Waals surface area contributed by atoms with Gasteiger partial charge in [0.05, 0.1) is 16.5 Å². The van der Waals surface area contributed by atoms with Crippen molar-refractivity contribution in [1.82, 2.24) is 19.9 Å². The molecule has 0 aromatic carbocycles. The molecule has 1 saturated heterocycles. The molecule has 0 bridgehead atoms. The zero-order chi connectivity index (χ0) is 23.7. The second-order valence-electron chi connectivity index (χ2n) is 9.15. The summed E-state index contributed by atoms with van der Waals surface area (Å²) in [5.74, 6) is -3.44. The Hall–Kier alpha value is -3.01. The first kappa shape index (κ1) is 22.8. The van der Waals surface area contributed by atoms with Crippen molar-refractivity contribution in [2.75, 3.05) is 18.5 Å². The van der Waals surface area contributed by atoms with Crippen molar-refractivity contribution < 1.29 is 22.7 Å². The zero-order valence-corrected chi connectivity index (χ0v) is 18.6. The molecular weight excluding hydrogens is 447 g/mol. The second kappa shape index (κ2) is 9.32. The van der Waals surface area contributed by atoms with E-state index in [2.05, 4.69) is 25.3 Å². The van der Waals surface area contributed by atoms with Gasteiger partial charge in [-0.25, -0.2) is 23.7 Å². The number of aromatic nitrogens is 4. The number of H-pyrrole nitrogens is 1. The Bertz CT molecular complexity index is 1180. The van der Waals surface area contributed by atoms with E-state index in [-0.39, 0.29) is 35.9 Å². The molecule has 0 amide bonds. The number of nitrogens with zero attached hydrogens (tertiary/aromatic N) is 3. The molecule has 3 aromatic heterocycles. The lowest BCUT2D eigenvalue weighted by molar-refractivity contribution is -0.0457. The SMILES string of the molecule is O=C(c1ccc(CC2CCC(F)(F)CC2)nc1F)c1c[nH]c2ncnc(NC3CCOCC3)c12. The highest BCUT2D eigenvalue weighted by Crippen LogP contribution is 2.37. The van der Waals surface area contributed by atoms with Crippen LogP contribution in [0.4, 0.5) is 19.0 Å². The number of rotatable bonds is 6. The number of fused-ring (bicyclic) bond motifs is 1. The molecule has 7 nitrogen and oxygen atoms in total. The molecule has 10 heteroatoms. The molecule has 1 aliphatic heterocycles. The van der Waals surface area contributed by atoms with E-state index in [0.717, 1.165) is 12.8 Å². The third-order valence-corrected chi connectivity index (χ3v) is 6.76. The van der Waals surface area contributed by atoms with Crippen LogP contribution in [0, 0.1) is 11.9 Å². The quantitative estimate of drug-likeness (QED) is 0.399. The molecule has 2 fully saturated rings. The summed E-state index contributed by atoms with van der Waals surface area (Å²) in [6, 6.07) is 3.18. The van der Waals surface area contributed by atoms with Gasteiger partial charge in [-0.3, -0.25) is 4.79 Å². The van der Waals surface area contributed by atoms with Crippen molar-refractivity contribution in [3.05, 3.63) is 47.4 Å². The minimum absolute atomic E-state index is 0.0395. The number of hydrogen-bond acceptors (Lipinski definition) is 6. The highest BCUT2D eigenvalue weighted by molar-refractivity contribution is 6.18. The number of hydrogen-bond donors (Lipinski definition) is 2. The lowest BCUT2D eigenvalue weighted by Crippen LogP contribution is -2.28. The van der Waals surface area contributed by atoms with E-state index in [4.69, 9.17) is 4.74 Å². The standard InChI is InChI=1S/C24H26F3N5O2/c25-21-17(2-1-16(31-21)11-14-3-7-24(26,27)8-4-14)20(33)18-12-28-22-19(18)23(30-13-29-22)32-15-5-9-34-10-6-15/h1-2,12-15H,3-11H2,(H2,28,29,30,32). The first-order valence-corrected chi connectivity index (χ1v) is 11.6. The number of alkyl halides is 2. The van der Waals surface area contributed by atoms with Crippen LogP contribution in [0.25, 0.3) is 11.0 Å². The number of carbonyl (C=O) groups is 1. The third-order valence-electron chi connectivity index (χ3n) is 6.76. The first-order valence-electron chi connectivity index (χ1n) is 11.6. The van der Waals surface area contributed by atoms with Gasteiger partial charge in [-0.1, -0.05) is 0 Å². The van der Waals surface area contributed by atoms with Crippen molar-refractivity contribution in [3.8, 4) is 0 Å². The largest absolute Gasteiger partial charge is 0.381 e. The van der Waals surface area contributed by atoms with E-state index in [9.17, 15) is 18.0 Å². The molecule has 0 atom stereocenters. The molecule has 3 aromatic rings. The van der Waals surface area contributed by atoms with Gasteiger partial charge in [0.25, 0.3) is 0 Å². The summed E-state index contributed by atoms with van der Waals surface area (Å²) in [5.41, 5.74) is 1.05. The predicted molar refractivity (Wildman–Crippen MR) is 120 cm³/mol. The number of ketones is 1. The Kier molecular flexibility index (Phi) is 6.24. The van der Waals surface area contributed by atoms with Gasteiger partial charge >= 0.3 is 0 Å². The summed E-state index contributed by atoms with van der Waals surface area (Å²) in [7, 11) is 0. The van der Waals surface area contributed by atoms with E-state index in [1.54, 1.807) is 6.07 Å². The van der Waals surface area contributed by atoms with E-state index < -0.39 is 17.7 Å². The van der Waals surface area contributed by atoms with Gasteiger partial charge in [-0.2, -0.15) is 4.39 Å². The van der Waals surface area contributed by atoms with Crippen molar-refractivity contribution in [2.24, 2.45) is 5.92 Å². The summed E-state index contributed by atoms with van der Waals surface area (Å²) < 4.78 is 47.1. The molecule has 180 valence electrons. The maximum atomic E-state index is 14.9. The van der Waals surface area contributed by atoms with E-state index in [1.165, 1.54) is 18.6 Å². The normalized spacial score (nSPS) is 19.4. The summed E-state index contributed by atoms with van der Waals surface area (Å²) in [6.07, 6.45) is 5.44. The Morgan fingerprint density at radius 1 is 1.12 bits per heavy atom. The fraction of sp³-hybridized carbons (Fsp3) is 0.500. The van der Waals surface area contributed by atoms with Crippen molar-refractivity contribution >= 4 is 22.6 Å². The maximum absolute atomic E-state index is 14.9. The van der Waals surface area contributed by atoms with Gasteiger partial charge < -0.3 is 15.0 Å². The molecule has 4 heterocycles. The summed E-state index contributed by atoms with van der Waals surface area (Å²) in [4.78, 5) is 28.7. The highest BCUT2D eigenvalue weighted by Gasteiger charge is 2.35. The van der Waals surface area contributed by atoms with Crippen LogP contribution in [0.2, 0.25) is 0 Å². The van der Waals surface area contributed by atoms with Crippen molar-refractivity contribution in [3.63, 3.8) is 0 Å². The van der Waals surface area contributed by atoms with Crippen LogP contribution in [-0.2, 0) is 11.2 Å². The van der Waals surface area contributed by atoms with Gasteiger partial charge in [-0.05, 0) is 50.2 Å². The number of carbonyl (C=O) groups excluding carboxylic acids is 1. The lowest BCUT2D eigenvalue weighted by atomic mass is 9.84. The van der Waals surface area contributed by atoms with Crippen LogP contribution in [-0.4, -0.2) is 50.9 Å². The summed E-state index contributed by atoms with van der Waals surface area (Å²) in [6.45, 7) is 1.30. The lowest BCUT2D eigenvalue weighted by Gasteiger charge is -2.28. The number of pyridine rings is 1. The smallest absolute Gasteiger partial charge is 0.248 e. The van der Waals surface area contributed by atoms with Crippen LogP contribution in [0.3, 0.4) is 0 Å². The number of anilines is 1. The molecular formula is C24H26F3N5O2. The van der Waals surface area contributed by atoms with E-state index in [0.29, 0.717) is 55.0 Å². The second-order valence-corrected chi connectivity index (χ2v) is 9.15. The van der Waals surface area contributed by atoms with E-state index in [1.807, 2.05) is 0 Å². The van der Waals surface area contributed by atoms with Gasteiger partial charge in [0, 0.05) is 44.0 Å². The van der Waals surface area contributed by atoms with Crippen LogP contribution in [0.5, 0.6) is 0 Å². The zero-order valence-electron chi connectivity index (χ0n) is 18.6. The minimum atomic E-state index is -2.60. The van der Waals surface area contributed by atoms with Gasteiger partial charge in [0.1, 0.15) is 17.8 Å².